The Morgan fingerprint density at radius 1 is 1.75 bits per heavy atom. The van der Waals surface area contributed by atoms with Gasteiger partial charge in [-0.1, -0.05) is 41.1 Å². The fraction of sp³-hybridized carbons (Fsp3) is 0.600. The molecule has 1 aliphatic carbocycles. The molecular formula is C10H15BrO. The molecule has 1 unspecified atom stereocenters. The van der Waals surface area contributed by atoms with E-state index in [-0.39, 0.29) is 16.8 Å². The van der Waals surface area contributed by atoms with Crippen LogP contribution in [0, 0.1) is 5.92 Å². The number of halogens is 1. The van der Waals surface area contributed by atoms with Gasteiger partial charge in [0.1, 0.15) is 0 Å². The third kappa shape index (κ3) is 2.46. The summed E-state index contributed by atoms with van der Waals surface area (Å²) in [5.41, 5.74) is 1.24. The Hall–Kier alpha value is -0.0800. The van der Waals surface area contributed by atoms with Crippen LogP contribution in [0.3, 0.4) is 0 Å². The highest BCUT2D eigenvalue weighted by Crippen LogP contribution is 2.30. The molecule has 0 aromatic rings. The van der Waals surface area contributed by atoms with Crippen LogP contribution in [0.5, 0.6) is 0 Å². The van der Waals surface area contributed by atoms with Crippen molar-refractivity contribution < 1.29 is 5.11 Å². The van der Waals surface area contributed by atoms with Gasteiger partial charge < -0.3 is 5.11 Å². The Morgan fingerprint density at radius 3 is 2.83 bits per heavy atom. The predicted molar refractivity (Wildman–Crippen MR) is 55.4 cm³/mol. The maximum Gasteiger partial charge on any atom is 0.0496 e. The number of aliphatic hydroxyl groups excluding tert-OH is 1. The van der Waals surface area contributed by atoms with E-state index in [1.807, 2.05) is 6.92 Å². The number of rotatable bonds is 2. The number of alkyl halides is 1. The standard InChI is InChI=1S/C10H15BrO/c1-8(7-12)9-3-5-10(2,11)6-4-9/h3-5,8,12H,6-7H2,1-2H3/t8-,10?/m1/s1. The molecule has 0 spiro atoms. The van der Waals surface area contributed by atoms with Gasteiger partial charge in [0.05, 0.1) is 0 Å². The van der Waals surface area contributed by atoms with Crippen LogP contribution in [-0.2, 0) is 0 Å². The van der Waals surface area contributed by atoms with E-state index in [2.05, 4.69) is 41.1 Å². The summed E-state index contributed by atoms with van der Waals surface area (Å²) >= 11 is 3.60. The third-order valence-electron chi connectivity index (χ3n) is 2.20. The van der Waals surface area contributed by atoms with Crippen LogP contribution in [0.4, 0.5) is 0 Å². The lowest BCUT2D eigenvalue weighted by Crippen LogP contribution is -2.15. The smallest absolute Gasteiger partial charge is 0.0496 e. The first-order valence-corrected chi connectivity index (χ1v) is 5.03. The zero-order valence-electron chi connectivity index (χ0n) is 7.55. The van der Waals surface area contributed by atoms with Crippen LogP contribution in [0.1, 0.15) is 20.3 Å². The summed E-state index contributed by atoms with van der Waals surface area (Å²) in [6.07, 6.45) is 7.44. The largest absolute Gasteiger partial charge is 0.396 e. The highest BCUT2D eigenvalue weighted by atomic mass is 79.9. The van der Waals surface area contributed by atoms with E-state index in [9.17, 15) is 0 Å². The van der Waals surface area contributed by atoms with Crippen LogP contribution in [0.15, 0.2) is 23.8 Å². The van der Waals surface area contributed by atoms with Crippen LogP contribution in [0.25, 0.3) is 0 Å². The van der Waals surface area contributed by atoms with Crippen molar-refractivity contribution in [3.63, 3.8) is 0 Å². The molecular weight excluding hydrogens is 216 g/mol. The molecule has 0 saturated heterocycles. The van der Waals surface area contributed by atoms with Gasteiger partial charge in [-0.15, -0.1) is 0 Å². The van der Waals surface area contributed by atoms with E-state index in [1.165, 1.54) is 5.57 Å². The molecule has 0 heterocycles. The molecule has 1 nitrogen and oxygen atoms in total. The molecule has 2 atom stereocenters. The van der Waals surface area contributed by atoms with Gasteiger partial charge in [0, 0.05) is 16.8 Å². The van der Waals surface area contributed by atoms with Gasteiger partial charge >= 0.3 is 0 Å². The first-order valence-electron chi connectivity index (χ1n) is 4.24. The van der Waals surface area contributed by atoms with Crippen molar-refractivity contribution in [3.8, 4) is 0 Å². The molecule has 1 aliphatic rings. The van der Waals surface area contributed by atoms with E-state index >= 15 is 0 Å². The second-order valence-electron chi connectivity index (χ2n) is 3.60. The molecule has 0 aromatic carbocycles. The van der Waals surface area contributed by atoms with Crippen molar-refractivity contribution >= 4 is 15.9 Å². The van der Waals surface area contributed by atoms with E-state index in [4.69, 9.17) is 5.11 Å². The predicted octanol–water partition coefficient (Wildman–Crippen LogP) is 2.65. The van der Waals surface area contributed by atoms with Crippen LogP contribution < -0.4 is 0 Å². The zero-order valence-corrected chi connectivity index (χ0v) is 9.13. The lowest BCUT2D eigenvalue weighted by molar-refractivity contribution is 0.257. The quantitative estimate of drug-likeness (QED) is 0.724. The van der Waals surface area contributed by atoms with Crippen LogP contribution in [0.2, 0.25) is 0 Å². The second kappa shape index (κ2) is 3.75. The fourth-order valence-electron chi connectivity index (χ4n) is 1.19. The van der Waals surface area contributed by atoms with E-state index < -0.39 is 0 Å². The summed E-state index contributed by atoms with van der Waals surface area (Å²) in [4.78, 5) is 0. The number of allylic oxidation sites excluding steroid dienone is 3. The summed E-state index contributed by atoms with van der Waals surface area (Å²) in [6, 6.07) is 0. The average molecular weight is 231 g/mol. The molecule has 12 heavy (non-hydrogen) atoms. The molecule has 1 N–H and O–H groups in total. The maximum atomic E-state index is 8.93. The summed E-state index contributed by atoms with van der Waals surface area (Å²) in [5, 5.41) is 8.93. The third-order valence-corrected chi connectivity index (χ3v) is 2.79. The van der Waals surface area contributed by atoms with E-state index in [0.29, 0.717) is 0 Å². The van der Waals surface area contributed by atoms with Crippen molar-refractivity contribution in [2.75, 3.05) is 6.61 Å². The minimum absolute atomic E-state index is 0.117. The number of hydrogen-bond acceptors (Lipinski definition) is 1. The van der Waals surface area contributed by atoms with Gasteiger partial charge in [0.2, 0.25) is 0 Å². The average Bonchev–Trinajstić information content (AvgIpc) is 2.03. The van der Waals surface area contributed by atoms with Gasteiger partial charge in [-0.2, -0.15) is 0 Å². The van der Waals surface area contributed by atoms with Crippen molar-refractivity contribution in [1.29, 1.82) is 0 Å². The Balaban J connectivity index is 2.64. The molecule has 0 bridgehead atoms. The Morgan fingerprint density at radius 2 is 2.42 bits per heavy atom. The summed E-state index contributed by atoms with van der Waals surface area (Å²) in [5.74, 6) is 0.268. The first-order chi connectivity index (χ1) is 5.55. The van der Waals surface area contributed by atoms with Crippen molar-refractivity contribution in [2.24, 2.45) is 5.92 Å². The van der Waals surface area contributed by atoms with Crippen LogP contribution in [-0.4, -0.2) is 16.0 Å². The van der Waals surface area contributed by atoms with Crippen LogP contribution >= 0.6 is 15.9 Å². The Labute approximate surface area is 82.3 Å². The molecule has 2 heteroatoms. The number of aliphatic hydroxyl groups is 1. The Kier molecular flexibility index (Phi) is 3.13. The van der Waals surface area contributed by atoms with Crippen molar-refractivity contribution in [1.82, 2.24) is 0 Å². The second-order valence-corrected chi connectivity index (χ2v) is 5.41. The summed E-state index contributed by atoms with van der Waals surface area (Å²) in [7, 11) is 0. The molecule has 0 fully saturated rings. The summed E-state index contributed by atoms with van der Waals surface area (Å²) < 4.78 is 0.117. The van der Waals surface area contributed by atoms with Gasteiger partial charge in [0.15, 0.2) is 0 Å². The summed E-state index contributed by atoms with van der Waals surface area (Å²) in [6.45, 7) is 4.41. The van der Waals surface area contributed by atoms with Gasteiger partial charge in [0.25, 0.3) is 0 Å². The van der Waals surface area contributed by atoms with Gasteiger partial charge in [-0.05, 0) is 18.9 Å². The minimum atomic E-state index is 0.117. The van der Waals surface area contributed by atoms with Crippen molar-refractivity contribution in [3.05, 3.63) is 23.8 Å². The highest BCUT2D eigenvalue weighted by molar-refractivity contribution is 9.10. The molecule has 0 radical (unpaired) electrons. The number of hydrogen-bond donors (Lipinski definition) is 1. The lowest BCUT2D eigenvalue weighted by atomic mass is 9.92. The SMILES string of the molecule is C[C@H](CO)C1=CCC(C)(Br)C=C1. The van der Waals surface area contributed by atoms with Gasteiger partial charge in [-0.3, -0.25) is 0 Å². The fourth-order valence-corrected chi connectivity index (χ4v) is 1.49. The van der Waals surface area contributed by atoms with Gasteiger partial charge in [-0.25, -0.2) is 0 Å². The normalized spacial score (nSPS) is 31.5. The minimum Gasteiger partial charge on any atom is -0.396 e. The molecule has 0 amide bonds. The van der Waals surface area contributed by atoms with E-state index in [0.717, 1.165) is 6.42 Å². The monoisotopic (exact) mass is 230 g/mol. The first kappa shape index (κ1) is 10.0. The maximum absolute atomic E-state index is 8.93. The molecule has 68 valence electrons. The molecule has 0 aliphatic heterocycles. The molecule has 0 aromatic heterocycles. The highest BCUT2D eigenvalue weighted by Gasteiger charge is 2.19. The zero-order chi connectivity index (χ0) is 9.19. The molecule has 0 saturated carbocycles. The van der Waals surface area contributed by atoms with E-state index in [1.54, 1.807) is 0 Å². The molecule has 1 rings (SSSR count). The topological polar surface area (TPSA) is 20.2 Å². The Bertz CT molecular complexity index is 216. The lowest BCUT2D eigenvalue weighted by Gasteiger charge is -2.22. The van der Waals surface area contributed by atoms with Crippen molar-refractivity contribution in [2.45, 2.75) is 24.6 Å².